The van der Waals surface area contributed by atoms with Crippen molar-refractivity contribution in [3.63, 3.8) is 0 Å². The molecule has 0 unspecified atom stereocenters. The predicted octanol–water partition coefficient (Wildman–Crippen LogP) is 4.80. The highest BCUT2D eigenvalue weighted by Crippen LogP contribution is 2.25. The van der Waals surface area contributed by atoms with Crippen LogP contribution in [0, 0.1) is 11.7 Å². The van der Waals surface area contributed by atoms with Gasteiger partial charge in [-0.15, -0.1) is 0 Å². The van der Waals surface area contributed by atoms with Crippen molar-refractivity contribution >= 4 is 28.2 Å². The van der Waals surface area contributed by atoms with Gasteiger partial charge in [-0.25, -0.2) is 4.39 Å². The average molecular weight is 351 g/mol. The predicted molar refractivity (Wildman–Crippen MR) is 103 cm³/mol. The number of aromatic nitrogens is 1. The summed E-state index contributed by atoms with van der Waals surface area (Å²) in [7, 11) is 0. The van der Waals surface area contributed by atoms with E-state index in [4.69, 9.17) is 0 Å². The van der Waals surface area contributed by atoms with E-state index in [2.05, 4.69) is 22.1 Å². The Balaban J connectivity index is 1.48. The molecular formula is C21H22FN3O. The third-order valence-electron chi connectivity index (χ3n) is 5.16. The number of nitrogens with zero attached hydrogens (tertiary/aromatic N) is 1. The monoisotopic (exact) mass is 351 g/mol. The number of nitrogens with one attached hydrogen (secondary N) is 2. The van der Waals surface area contributed by atoms with Crippen LogP contribution in [0.1, 0.15) is 30.1 Å². The van der Waals surface area contributed by atoms with Gasteiger partial charge >= 0.3 is 0 Å². The van der Waals surface area contributed by atoms with Crippen LogP contribution in [-0.4, -0.2) is 24.0 Å². The summed E-state index contributed by atoms with van der Waals surface area (Å²) < 4.78 is 13.5. The molecule has 4 rings (SSSR count). The molecule has 5 heteroatoms. The Hall–Kier alpha value is -2.82. The lowest BCUT2D eigenvalue weighted by atomic mass is 9.99. The largest absolute Gasteiger partial charge is 0.372 e. The van der Waals surface area contributed by atoms with Crippen molar-refractivity contribution in [2.24, 2.45) is 5.92 Å². The fourth-order valence-corrected chi connectivity index (χ4v) is 3.50. The summed E-state index contributed by atoms with van der Waals surface area (Å²) in [5.41, 5.74) is 3.10. The van der Waals surface area contributed by atoms with Gasteiger partial charge < -0.3 is 15.2 Å². The number of carbonyl (C=O) groups excluding carboxylic acids is 1. The molecular weight excluding hydrogens is 329 g/mol. The minimum atomic E-state index is -0.355. The molecule has 1 aliphatic rings. The van der Waals surface area contributed by atoms with Crippen LogP contribution in [0.2, 0.25) is 0 Å². The van der Waals surface area contributed by atoms with Gasteiger partial charge in [0.2, 0.25) is 0 Å². The Bertz CT molecular complexity index is 924. The first-order valence-corrected chi connectivity index (χ1v) is 9.03. The minimum Gasteiger partial charge on any atom is -0.372 e. The highest BCUT2D eigenvalue weighted by atomic mass is 19.1. The van der Waals surface area contributed by atoms with Crippen LogP contribution in [0.4, 0.5) is 15.8 Å². The van der Waals surface area contributed by atoms with E-state index in [0.29, 0.717) is 10.9 Å². The maximum atomic E-state index is 13.5. The molecule has 0 aliphatic carbocycles. The molecule has 4 nitrogen and oxygen atoms in total. The molecule has 1 aliphatic heterocycles. The van der Waals surface area contributed by atoms with Gasteiger partial charge in [0.25, 0.3) is 5.91 Å². The van der Waals surface area contributed by atoms with Crippen molar-refractivity contribution in [3.8, 4) is 0 Å². The Morgan fingerprint density at radius 2 is 1.88 bits per heavy atom. The summed E-state index contributed by atoms with van der Waals surface area (Å²) in [6.07, 6.45) is 4.05. The number of benzene rings is 2. The lowest BCUT2D eigenvalue weighted by Crippen LogP contribution is -2.32. The van der Waals surface area contributed by atoms with Crippen LogP contribution in [0.25, 0.3) is 10.9 Å². The van der Waals surface area contributed by atoms with Gasteiger partial charge in [-0.3, -0.25) is 4.79 Å². The summed E-state index contributed by atoms with van der Waals surface area (Å²) in [5.74, 6) is 0.193. The van der Waals surface area contributed by atoms with Crippen molar-refractivity contribution in [2.75, 3.05) is 23.3 Å². The van der Waals surface area contributed by atoms with Crippen LogP contribution >= 0.6 is 0 Å². The topological polar surface area (TPSA) is 48.1 Å². The number of rotatable bonds is 3. The maximum absolute atomic E-state index is 13.5. The molecule has 0 spiro atoms. The van der Waals surface area contributed by atoms with E-state index >= 15 is 0 Å². The number of hydrogen-bond donors (Lipinski definition) is 2. The highest BCUT2D eigenvalue weighted by Gasteiger charge is 2.16. The minimum absolute atomic E-state index is 0.249. The number of piperidine rings is 1. The van der Waals surface area contributed by atoms with Crippen LogP contribution < -0.4 is 10.2 Å². The zero-order valence-electron chi connectivity index (χ0n) is 14.8. The molecule has 26 heavy (non-hydrogen) atoms. The lowest BCUT2D eigenvalue weighted by Gasteiger charge is -2.32. The smallest absolute Gasteiger partial charge is 0.257 e. The molecule has 2 heterocycles. The van der Waals surface area contributed by atoms with Crippen LogP contribution in [0.3, 0.4) is 0 Å². The van der Waals surface area contributed by atoms with Gasteiger partial charge in [-0.1, -0.05) is 6.92 Å². The maximum Gasteiger partial charge on any atom is 0.257 e. The number of amides is 1. The number of anilines is 2. The molecule has 0 bridgehead atoms. The first-order valence-electron chi connectivity index (χ1n) is 9.03. The van der Waals surface area contributed by atoms with E-state index in [0.717, 1.165) is 30.2 Å². The molecule has 0 atom stereocenters. The zero-order chi connectivity index (χ0) is 18.1. The first-order chi connectivity index (χ1) is 12.6. The molecule has 2 N–H and O–H groups in total. The van der Waals surface area contributed by atoms with E-state index in [9.17, 15) is 9.18 Å². The van der Waals surface area contributed by atoms with Crippen LogP contribution in [0.5, 0.6) is 0 Å². The second-order valence-corrected chi connectivity index (χ2v) is 7.06. The van der Waals surface area contributed by atoms with Crippen molar-refractivity contribution < 1.29 is 9.18 Å². The number of hydrogen-bond acceptors (Lipinski definition) is 2. The second kappa shape index (κ2) is 6.83. The van der Waals surface area contributed by atoms with Gasteiger partial charge in [0, 0.05) is 41.6 Å². The van der Waals surface area contributed by atoms with Gasteiger partial charge in [-0.05, 0) is 61.2 Å². The number of fused-ring (bicyclic) bond motifs is 1. The van der Waals surface area contributed by atoms with Crippen molar-refractivity contribution in [1.82, 2.24) is 4.98 Å². The van der Waals surface area contributed by atoms with E-state index < -0.39 is 0 Å². The number of H-pyrrole nitrogens is 1. The van der Waals surface area contributed by atoms with E-state index in [1.807, 2.05) is 24.3 Å². The Morgan fingerprint density at radius 3 is 2.62 bits per heavy atom. The zero-order valence-corrected chi connectivity index (χ0v) is 14.8. The van der Waals surface area contributed by atoms with E-state index in [-0.39, 0.29) is 11.7 Å². The van der Waals surface area contributed by atoms with Gasteiger partial charge in [-0.2, -0.15) is 0 Å². The molecule has 1 saturated heterocycles. The van der Waals surface area contributed by atoms with Crippen molar-refractivity contribution in [3.05, 3.63) is 60.0 Å². The molecule has 134 valence electrons. The molecule has 1 fully saturated rings. The SMILES string of the molecule is CC1CCN(c2ccc(NC(=O)c3c[nH]c4ccc(F)cc34)cc2)CC1. The van der Waals surface area contributed by atoms with Crippen LogP contribution in [-0.2, 0) is 0 Å². The molecule has 2 aromatic carbocycles. The van der Waals surface area contributed by atoms with Gasteiger partial charge in [0.1, 0.15) is 5.82 Å². The first kappa shape index (κ1) is 16.6. The summed E-state index contributed by atoms with van der Waals surface area (Å²) in [6, 6.07) is 12.3. The Kier molecular flexibility index (Phi) is 4.37. The van der Waals surface area contributed by atoms with E-state index in [1.54, 1.807) is 12.3 Å². The highest BCUT2D eigenvalue weighted by molar-refractivity contribution is 6.12. The molecule has 0 saturated carbocycles. The Morgan fingerprint density at radius 1 is 1.15 bits per heavy atom. The summed E-state index contributed by atoms with van der Waals surface area (Å²) in [5, 5.41) is 3.48. The molecule has 3 aromatic rings. The number of carbonyl (C=O) groups is 1. The Labute approximate surface area is 152 Å². The summed E-state index contributed by atoms with van der Waals surface area (Å²) in [6.45, 7) is 4.45. The quantitative estimate of drug-likeness (QED) is 0.712. The number of halogens is 1. The molecule has 0 radical (unpaired) electrons. The third-order valence-corrected chi connectivity index (χ3v) is 5.16. The fourth-order valence-electron chi connectivity index (χ4n) is 3.50. The van der Waals surface area contributed by atoms with Crippen molar-refractivity contribution in [2.45, 2.75) is 19.8 Å². The van der Waals surface area contributed by atoms with Gasteiger partial charge in [0.05, 0.1) is 5.56 Å². The standard InChI is InChI=1S/C21H22FN3O/c1-14-8-10-25(11-9-14)17-5-3-16(4-6-17)24-21(26)19-13-23-20-7-2-15(22)12-18(19)20/h2-7,12-14,23H,8-11H2,1H3,(H,24,26). The lowest BCUT2D eigenvalue weighted by molar-refractivity contribution is 0.102. The average Bonchev–Trinajstić information content (AvgIpc) is 3.06. The van der Waals surface area contributed by atoms with Crippen LogP contribution in [0.15, 0.2) is 48.7 Å². The second-order valence-electron chi connectivity index (χ2n) is 7.06. The van der Waals surface area contributed by atoms with E-state index in [1.165, 1.54) is 30.7 Å². The molecule has 1 aromatic heterocycles. The number of aromatic amines is 1. The normalized spacial score (nSPS) is 15.4. The molecule has 1 amide bonds. The fraction of sp³-hybridized carbons (Fsp3) is 0.286. The third kappa shape index (κ3) is 3.29. The van der Waals surface area contributed by atoms with Gasteiger partial charge in [0.15, 0.2) is 0 Å². The summed E-state index contributed by atoms with van der Waals surface area (Å²) in [4.78, 5) is 17.9. The van der Waals surface area contributed by atoms with Crippen molar-refractivity contribution in [1.29, 1.82) is 0 Å². The summed E-state index contributed by atoms with van der Waals surface area (Å²) >= 11 is 0.